The van der Waals surface area contributed by atoms with Gasteiger partial charge in [0.25, 0.3) is 5.91 Å². The molecule has 110 valence electrons. The van der Waals surface area contributed by atoms with Gasteiger partial charge in [0.05, 0.1) is 4.47 Å². The summed E-state index contributed by atoms with van der Waals surface area (Å²) in [6.07, 6.45) is 1.03. The number of hydrogen-bond donors (Lipinski definition) is 1. The number of amides is 1. The standard InChI is InChI=1S/C14H18BrFN2O2/c1-9(14(19)18-6-4-11(17)5-7-18)20-13-3-2-10(16)8-12(13)15/h2-3,8-9,11H,4-7,17H2,1H3. The van der Waals surface area contributed by atoms with Crippen molar-refractivity contribution in [2.24, 2.45) is 5.73 Å². The first kappa shape index (κ1) is 15.3. The second-order valence-electron chi connectivity index (χ2n) is 5.00. The first-order valence-corrected chi connectivity index (χ1v) is 7.42. The quantitative estimate of drug-likeness (QED) is 0.915. The van der Waals surface area contributed by atoms with Gasteiger partial charge < -0.3 is 15.4 Å². The highest BCUT2D eigenvalue weighted by Gasteiger charge is 2.26. The minimum absolute atomic E-state index is 0.0619. The van der Waals surface area contributed by atoms with Gasteiger partial charge in [-0.05, 0) is 53.9 Å². The van der Waals surface area contributed by atoms with E-state index >= 15 is 0 Å². The summed E-state index contributed by atoms with van der Waals surface area (Å²) < 4.78 is 19.1. The Bertz CT molecular complexity index is 490. The second-order valence-corrected chi connectivity index (χ2v) is 5.85. The molecule has 1 heterocycles. The summed E-state index contributed by atoms with van der Waals surface area (Å²) in [5, 5.41) is 0. The van der Waals surface area contributed by atoms with Crippen LogP contribution in [0.3, 0.4) is 0 Å². The van der Waals surface area contributed by atoms with Crippen LogP contribution < -0.4 is 10.5 Å². The fraction of sp³-hybridized carbons (Fsp3) is 0.500. The molecule has 1 atom stereocenters. The summed E-state index contributed by atoms with van der Waals surface area (Å²) in [4.78, 5) is 14.0. The zero-order chi connectivity index (χ0) is 14.7. The Labute approximate surface area is 126 Å². The summed E-state index contributed by atoms with van der Waals surface area (Å²) in [5.74, 6) is 0.0438. The Morgan fingerprint density at radius 2 is 2.15 bits per heavy atom. The van der Waals surface area contributed by atoms with E-state index in [1.807, 2.05) is 0 Å². The molecule has 1 aromatic carbocycles. The maximum atomic E-state index is 13.0. The lowest BCUT2D eigenvalue weighted by atomic mass is 10.1. The molecule has 0 spiro atoms. The molecule has 1 fully saturated rings. The van der Waals surface area contributed by atoms with Crippen molar-refractivity contribution in [1.82, 2.24) is 4.90 Å². The summed E-state index contributed by atoms with van der Waals surface area (Å²) in [5.41, 5.74) is 5.82. The number of hydrogen-bond acceptors (Lipinski definition) is 3. The van der Waals surface area contributed by atoms with Crippen molar-refractivity contribution in [3.8, 4) is 5.75 Å². The molecular weight excluding hydrogens is 327 g/mol. The van der Waals surface area contributed by atoms with Crippen molar-refractivity contribution < 1.29 is 13.9 Å². The lowest BCUT2D eigenvalue weighted by molar-refractivity contribution is -0.139. The molecule has 1 aliphatic heterocycles. The Hall–Kier alpha value is -1.14. The Morgan fingerprint density at radius 3 is 2.75 bits per heavy atom. The van der Waals surface area contributed by atoms with Crippen molar-refractivity contribution >= 4 is 21.8 Å². The lowest BCUT2D eigenvalue weighted by Crippen LogP contribution is -2.47. The van der Waals surface area contributed by atoms with Gasteiger partial charge in [0, 0.05) is 19.1 Å². The first-order chi connectivity index (χ1) is 9.47. The van der Waals surface area contributed by atoms with Gasteiger partial charge >= 0.3 is 0 Å². The highest BCUT2D eigenvalue weighted by atomic mass is 79.9. The number of halogens is 2. The van der Waals surface area contributed by atoms with Crippen LogP contribution in [0.1, 0.15) is 19.8 Å². The second kappa shape index (κ2) is 6.54. The summed E-state index contributed by atoms with van der Waals surface area (Å²) >= 11 is 3.22. The van der Waals surface area contributed by atoms with E-state index in [4.69, 9.17) is 10.5 Å². The van der Waals surface area contributed by atoms with E-state index in [1.165, 1.54) is 18.2 Å². The minimum Gasteiger partial charge on any atom is -0.480 e. The van der Waals surface area contributed by atoms with E-state index in [9.17, 15) is 9.18 Å². The van der Waals surface area contributed by atoms with Gasteiger partial charge in [-0.3, -0.25) is 4.79 Å². The third-order valence-corrected chi connectivity index (χ3v) is 4.02. The van der Waals surface area contributed by atoms with Gasteiger partial charge in [-0.1, -0.05) is 0 Å². The van der Waals surface area contributed by atoms with Crippen molar-refractivity contribution in [2.45, 2.75) is 31.9 Å². The van der Waals surface area contributed by atoms with Crippen molar-refractivity contribution in [3.05, 3.63) is 28.5 Å². The third-order valence-electron chi connectivity index (χ3n) is 3.40. The molecule has 4 nitrogen and oxygen atoms in total. The molecular formula is C14H18BrFN2O2. The number of carbonyl (C=O) groups excluding carboxylic acids is 1. The maximum Gasteiger partial charge on any atom is 0.263 e. The van der Waals surface area contributed by atoms with E-state index in [0.717, 1.165) is 12.8 Å². The largest absolute Gasteiger partial charge is 0.480 e. The number of carbonyl (C=O) groups is 1. The summed E-state index contributed by atoms with van der Waals surface area (Å²) in [6.45, 7) is 3.03. The molecule has 0 aromatic heterocycles. The summed E-state index contributed by atoms with van der Waals surface area (Å²) in [7, 11) is 0. The molecule has 0 aliphatic carbocycles. The van der Waals surface area contributed by atoms with Gasteiger partial charge in [0.15, 0.2) is 6.10 Å². The third kappa shape index (κ3) is 3.70. The molecule has 0 radical (unpaired) electrons. The predicted molar refractivity (Wildman–Crippen MR) is 78.0 cm³/mol. The molecule has 0 saturated carbocycles. The maximum absolute atomic E-state index is 13.0. The van der Waals surface area contributed by atoms with Gasteiger partial charge in [-0.25, -0.2) is 4.39 Å². The number of nitrogens with two attached hydrogens (primary N) is 1. The van der Waals surface area contributed by atoms with Crippen LogP contribution in [0.4, 0.5) is 4.39 Å². The van der Waals surface area contributed by atoms with Crippen LogP contribution in [0.2, 0.25) is 0 Å². The molecule has 2 N–H and O–H groups in total. The highest BCUT2D eigenvalue weighted by Crippen LogP contribution is 2.26. The Kier molecular flexibility index (Phi) is 4.99. The van der Waals surface area contributed by atoms with Crippen LogP contribution in [-0.2, 0) is 4.79 Å². The zero-order valence-corrected chi connectivity index (χ0v) is 12.9. The zero-order valence-electron chi connectivity index (χ0n) is 11.3. The van der Waals surface area contributed by atoms with Crippen LogP contribution in [0.15, 0.2) is 22.7 Å². The normalized spacial score (nSPS) is 17.9. The average molecular weight is 345 g/mol. The van der Waals surface area contributed by atoms with E-state index in [-0.39, 0.29) is 17.8 Å². The van der Waals surface area contributed by atoms with Crippen LogP contribution in [0, 0.1) is 5.82 Å². The van der Waals surface area contributed by atoms with Crippen molar-refractivity contribution in [2.75, 3.05) is 13.1 Å². The van der Waals surface area contributed by atoms with Crippen LogP contribution in [0.25, 0.3) is 0 Å². The molecule has 1 saturated heterocycles. The van der Waals surface area contributed by atoms with Gasteiger partial charge in [0.1, 0.15) is 11.6 Å². The van der Waals surface area contributed by atoms with Crippen LogP contribution >= 0.6 is 15.9 Å². The number of ether oxygens (including phenoxy) is 1. The fourth-order valence-corrected chi connectivity index (χ4v) is 2.63. The molecule has 1 amide bonds. The van der Waals surface area contributed by atoms with E-state index in [2.05, 4.69) is 15.9 Å². The average Bonchev–Trinajstić information content (AvgIpc) is 2.42. The topological polar surface area (TPSA) is 55.6 Å². The number of nitrogens with zero attached hydrogens (tertiary/aromatic N) is 1. The van der Waals surface area contributed by atoms with Gasteiger partial charge in [-0.2, -0.15) is 0 Å². The first-order valence-electron chi connectivity index (χ1n) is 6.63. The number of benzene rings is 1. The van der Waals surface area contributed by atoms with E-state index in [1.54, 1.807) is 11.8 Å². The molecule has 1 aromatic rings. The minimum atomic E-state index is -0.605. The fourth-order valence-electron chi connectivity index (χ4n) is 2.19. The molecule has 0 bridgehead atoms. The molecule has 20 heavy (non-hydrogen) atoms. The van der Waals surface area contributed by atoms with Crippen molar-refractivity contribution in [1.29, 1.82) is 0 Å². The molecule has 1 unspecified atom stereocenters. The monoisotopic (exact) mass is 344 g/mol. The smallest absolute Gasteiger partial charge is 0.263 e. The Morgan fingerprint density at radius 1 is 1.50 bits per heavy atom. The number of piperidine rings is 1. The lowest BCUT2D eigenvalue weighted by Gasteiger charge is -2.32. The molecule has 6 heteroatoms. The van der Waals surface area contributed by atoms with Crippen LogP contribution in [0.5, 0.6) is 5.75 Å². The summed E-state index contributed by atoms with van der Waals surface area (Å²) in [6, 6.07) is 4.31. The number of rotatable bonds is 3. The number of likely N-dealkylation sites (tertiary alicyclic amines) is 1. The van der Waals surface area contributed by atoms with Crippen LogP contribution in [-0.4, -0.2) is 36.0 Å². The Balaban J connectivity index is 1.97. The van der Waals surface area contributed by atoms with Gasteiger partial charge in [0.2, 0.25) is 0 Å². The van der Waals surface area contributed by atoms with Crippen molar-refractivity contribution in [3.63, 3.8) is 0 Å². The van der Waals surface area contributed by atoms with E-state index in [0.29, 0.717) is 23.3 Å². The molecule has 2 rings (SSSR count). The molecule has 1 aliphatic rings. The van der Waals surface area contributed by atoms with Gasteiger partial charge in [-0.15, -0.1) is 0 Å². The highest BCUT2D eigenvalue weighted by molar-refractivity contribution is 9.10. The SMILES string of the molecule is CC(Oc1ccc(F)cc1Br)C(=O)N1CCC(N)CC1. The van der Waals surface area contributed by atoms with E-state index < -0.39 is 6.10 Å². The predicted octanol–water partition coefficient (Wildman–Crippen LogP) is 2.31.